The summed E-state index contributed by atoms with van der Waals surface area (Å²) >= 11 is 7.23. The largest absolute Gasteiger partial charge is 0.351 e. The molecule has 2 aromatic heterocycles. The minimum Gasteiger partial charge on any atom is -0.351 e. The normalized spacial score (nSPS) is 10.7. The minimum absolute atomic E-state index is 0.0546. The van der Waals surface area contributed by atoms with Crippen molar-refractivity contribution in [2.45, 2.75) is 25.2 Å². The second-order valence-electron chi connectivity index (χ2n) is 5.48. The Morgan fingerprint density at radius 1 is 1.15 bits per heavy atom. The van der Waals surface area contributed by atoms with Crippen LogP contribution in [0.4, 0.5) is 0 Å². The van der Waals surface area contributed by atoms with Crippen LogP contribution in [0.25, 0.3) is 11.4 Å². The van der Waals surface area contributed by atoms with Crippen LogP contribution in [0.3, 0.4) is 0 Å². The van der Waals surface area contributed by atoms with Crippen LogP contribution in [0.2, 0.25) is 5.02 Å². The molecule has 0 aliphatic heterocycles. The van der Waals surface area contributed by atoms with E-state index >= 15 is 0 Å². The predicted octanol–water partition coefficient (Wildman–Crippen LogP) is 3.42. The summed E-state index contributed by atoms with van der Waals surface area (Å²) in [6.45, 7) is 3.22. The molecule has 0 spiro atoms. The van der Waals surface area contributed by atoms with Gasteiger partial charge in [0.2, 0.25) is 5.91 Å². The van der Waals surface area contributed by atoms with Crippen LogP contribution in [0.15, 0.2) is 53.9 Å². The van der Waals surface area contributed by atoms with Gasteiger partial charge in [-0.25, -0.2) is 0 Å². The van der Waals surface area contributed by atoms with Crippen LogP contribution in [0, 0.1) is 0 Å². The van der Waals surface area contributed by atoms with Crippen molar-refractivity contribution < 1.29 is 4.79 Å². The number of hydrogen-bond donors (Lipinski definition) is 1. The van der Waals surface area contributed by atoms with Crippen LogP contribution in [-0.2, 0) is 17.9 Å². The number of carbonyl (C=O) groups is 1. The number of carbonyl (C=O) groups excluding carboxylic acids is 1. The first-order valence-electron chi connectivity index (χ1n) is 8.15. The van der Waals surface area contributed by atoms with E-state index in [1.54, 1.807) is 12.4 Å². The van der Waals surface area contributed by atoms with E-state index in [1.807, 2.05) is 47.9 Å². The topological polar surface area (TPSA) is 72.7 Å². The Hall–Kier alpha value is -2.38. The second-order valence-corrected chi connectivity index (χ2v) is 6.86. The zero-order valence-corrected chi connectivity index (χ0v) is 15.8. The molecule has 6 nitrogen and oxygen atoms in total. The van der Waals surface area contributed by atoms with Crippen LogP contribution in [0.5, 0.6) is 0 Å². The van der Waals surface area contributed by atoms with Gasteiger partial charge in [0.15, 0.2) is 11.0 Å². The van der Waals surface area contributed by atoms with Crippen LogP contribution in [0.1, 0.15) is 12.5 Å². The van der Waals surface area contributed by atoms with Crippen molar-refractivity contribution in [1.82, 2.24) is 25.1 Å². The number of rotatable bonds is 7. The summed E-state index contributed by atoms with van der Waals surface area (Å²) in [6.07, 6.45) is 3.45. The summed E-state index contributed by atoms with van der Waals surface area (Å²) in [5.74, 6) is 1.00. The number of amides is 1. The first-order chi connectivity index (χ1) is 12.7. The standard InChI is InChI=1S/C18H18ClN5OS/c1-2-24-17(14-7-9-20-10-8-14)22-23-18(24)26-12-16(25)21-11-13-3-5-15(19)6-4-13/h3-10H,2,11-12H2,1H3,(H,21,25). The molecule has 26 heavy (non-hydrogen) atoms. The molecule has 0 bridgehead atoms. The quantitative estimate of drug-likeness (QED) is 0.629. The summed E-state index contributed by atoms with van der Waals surface area (Å²) in [4.78, 5) is 16.1. The van der Waals surface area contributed by atoms with Gasteiger partial charge in [0.1, 0.15) is 0 Å². The maximum atomic E-state index is 12.1. The zero-order chi connectivity index (χ0) is 18.4. The van der Waals surface area contributed by atoms with E-state index in [-0.39, 0.29) is 11.7 Å². The highest BCUT2D eigenvalue weighted by Gasteiger charge is 2.14. The lowest BCUT2D eigenvalue weighted by Gasteiger charge is -2.08. The van der Waals surface area contributed by atoms with Crippen molar-refractivity contribution in [2.24, 2.45) is 0 Å². The third-order valence-electron chi connectivity index (χ3n) is 3.71. The first kappa shape index (κ1) is 18.4. The highest BCUT2D eigenvalue weighted by molar-refractivity contribution is 7.99. The first-order valence-corrected chi connectivity index (χ1v) is 9.51. The Balaban J connectivity index is 1.58. The second kappa shape index (κ2) is 8.82. The van der Waals surface area contributed by atoms with E-state index in [0.29, 0.717) is 11.6 Å². The van der Waals surface area contributed by atoms with Gasteiger partial charge >= 0.3 is 0 Å². The molecular formula is C18H18ClN5OS. The fourth-order valence-corrected chi connectivity index (χ4v) is 3.34. The molecule has 0 atom stereocenters. The molecule has 0 saturated heterocycles. The molecule has 1 aromatic carbocycles. The maximum Gasteiger partial charge on any atom is 0.230 e. The van der Waals surface area contributed by atoms with E-state index in [4.69, 9.17) is 11.6 Å². The summed E-state index contributed by atoms with van der Waals surface area (Å²) < 4.78 is 1.99. The van der Waals surface area contributed by atoms with Crippen molar-refractivity contribution in [2.75, 3.05) is 5.75 Å². The molecule has 1 N–H and O–H groups in total. The Labute approximate surface area is 161 Å². The van der Waals surface area contributed by atoms with E-state index < -0.39 is 0 Å². The highest BCUT2D eigenvalue weighted by Crippen LogP contribution is 2.23. The molecule has 0 fully saturated rings. The van der Waals surface area contributed by atoms with Crippen molar-refractivity contribution in [1.29, 1.82) is 0 Å². The van der Waals surface area contributed by atoms with Gasteiger partial charge in [0.25, 0.3) is 0 Å². The van der Waals surface area contributed by atoms with E-state index in [1.165, 1.54) is 11.8 Å². The van der Waals surface area contributed by atoms with E-state index in [9.17, 15) is 4.79 Å². The average Bonchev–Trinajstić information content (AvgIpc) is 3.09. The van der Waals surface area contributed by atoms with Gasteiger partial charge in [0, 0.05) is 36.1 Å². The Morgan fingerprint density at radius 3 is 2.58 bits per heavy atom. The van der Waals surface area contributed by atoms with E-state index in [2.05, 4.69) is 20.5 Å². The summed E-state index contributed by atoms with van der Waals surface area (Å²) in [5, 5.41) is 12.8. The zero-order valence-electron chi connectivity index (χ0n) is 14.2. The minimum atomic E-state index is -0.0546. The van der Waals surface area contributed by atoms with Crippen LogP contribution >= 0.6 is 23.4 Å². The van der Waals surface area contributed by atoms with Gasteiger partial charge in [0.05, 0.1) is 5.75 Å². The number of thioether (sulfide) groups is 1. The molecule has 3 aromatic rings. The molecule has 0 saturated carbocycles. The molecule has 0 radical (unpaired) electrons. The summed E-state index contributed by atoms with van der Waals surface area (Å²) in [6, 6.07) is 11.2. The fourth-order valence-electron chi connectivity index (χ4n) is 2.38. The molecule has 0 aliphatic carbocycles. The van der Waals surface area contributed by atoms with Crippen LogP contribution < -0.4 is 5.32 Å². The molecular weight excluding hydrogens is 370 g/mol. The smallest absolute Gasteiger partial charge is 0.230 e. The van der Waals surface area contributed by atoms with Gasteiger partial charge in [-0.3, -0.25) is 9.78 Å². The van der Waals surface area contributed by atoms with Crippen molar-refractivity contribution in [3.63, 3.8) is 0 Å². The molecule has 8 heteroatoms. The maximum absolute atomic E-state index is 12.1. The van der Waals surface area contributed by atoms with Crippen molar-refractivity contribution in [3.05, 3.63) is 59.4 Å². The lowest BCUT2D eigenvalue weighted by atomic mass is 10.2. The molecule has 1 amide bonds. The number of nitrogens with zero attached hydrogens (tertiary/aromatic N) is 4. The number of hydrogen-bond acceptors (Lipinski definition) is 5. The lowest BCUT2D eigenvalue weighted by Crippen LogP contribution is -2.24. The molecule has 0 unspecified atom stereocenters. The number of pyridine rings is 1. The average molecular weight is 388 g/mol. The summed E-state index contributed by atoms with van der Waals surface area (Å²) in [7, 11) is 0. The monoisotopic (exact) mass is 387 g/mol. The number of benzene rings is 1. The molecule has 0 aliphatic rings. The number of nitrogens with one attached hydrogen (secondary N) is 1. The molecule has 134 valence electrons. The van der Waals surface area contributed by atoms with Gasteiger partial charge in [-0.2, -0.15) is 0 Å². The third kappa shape index (κ3) is 4.62. The van der Waals surface area contributed by atoms with E-state index in [0.717, 1.165) is 28.7 Å². The Kier molecular flexibility index (Phi) is 6.25. The molecule has 3 rings (SSSR count). The summed E-state index contributed by atoms with van der Waals surface area (Å²) in [5.41, 5.74) is 1.96. The third-order valence-corrected chi connectivity index (χ3v) is 4.93. The highest BCUT2D eigenvalue weighted by atomic mass is 35.5. The van der Waals surface area contributed by atoms with Crippen LogP contribution in [-0.4, -0.2) is 31.4 Å². The SMILES string of the molecule is CCn1c(SCC(=O)NCc2ccc(Cl)cc2)nnc1-c1ccncc1. The van der Waals surface area contributed by atoms with Gasteiger partial charge < -0.3 is 9.88 Å². The fraction of sp³-hybridized carbons (Fsp3) is 0.222. The van der Waals surface area contributed by atoms with Crippen molar-refractivity contribution >= 4 is 29.3 Å². The Morgan fingerprint density at radius 2 is 1.88 bits per heavy atom. The Bertz CT molecular complexity index is 867. The van der Waals surface area contributed by atoms with Gasteiger partial charge in [-0.05, 0) is 36.8 Å². The van der Waals surface area contributed by atoms with Gasteiger partial charge in [-0.1, -0.05) is 35.5 Å². The number of aromatic nitrogens is 4. The predicted molar refractivity (Wildman–Crippen MR) is 103 cm³/mol. The van der Waals surface area contributed by atoms with Crippen molar-refractivity contribution in [3.8, 4) is 11.4 Å². The number of halogens is 1. The lowest BCUT2D eigenvalue weighted by molar-refractivity contribution is -0.118. The van der Waals surface area contributed by atoms with Gasteiger partial charge in [-0.15, -0.1) is 10.2 Å². The molecule has 2 heterocycles.